The van der Waals surface area contributed by atoms with Crippen LogP contribution in [0.5, 0.6) is 0 Å². The first-order valence-corrected chi connectivity index (χ1v) is 8.43. The maximum Gasteiger partial charge on any atom is 0.331 e. The van der Waals surface area contributed by atoms with Gasteiger partial charge in [-0.05, 0) is 48.6 Å². The van der Waals surface area contributed by atoms with Crippen LogP contribution in [0.25, 0.3) is 17.0 Å². The van der Waals surface area contributed by atoms with Crippen LogP contribution in [0.2, 0.25) is 0 Å². The van der Waals surface area contributed by atoms with Crippen molar-refractivity contribution in [1.82, 2.24) is 10.1 Å². The molecule has 1 heterocycles. The van der Waals surface area contributed by atoms with Gasteiger partial charge in [0.2, 0.25) is 5.82 Å². The largest absolute Gasteiger partial charge is 0.478 e. The second-order valence-corrected chi connectivity index (χ2v) is 7.18. The minimum absolute atomic E-state index is 0.0223. The molecule has 1 aromatic carbocycles. The maximum atomic E-state index is 13.1. The topological polar surface area (TPSA) is 76.2 Å². The number of halogens is 1. The van der Waals surface area contributed by atoms with E-state index in [0.717, 1.165) is 0 Å². The molecule has 0 radical (unpaired) electrons. The molecule has 0 unspecified atom stereocenters. The standard InChI is InChI=1S/C20H23FN2O3/c1-5-13(19(24)25)12-15(10-11-20(2,3)4)18-22-17(23-26-18)14-6-8-16(21)9-7-14/h6-10,12H,5,11H2,1-4H3,(H,24,25)/b13-12+,15-10+. The van der Waals surface area contributed by atoms with Crippen molar-refractivity contribution < 1.29 is 18.8 Å². The molecule has 0 aliphatic carbocycles. The molecule has 0 amide bonds. The van der Waals surface area contributed by atoms with Crippen molar-refractivity contribution in [2.75, 3.05) is 0 Å². The van der Waals surface area contributed by atoms with Crippen molar-refractivity contribution in [3.05, 3.63) is 53.7 Å². The van der Waals surface area contributed by atoms with Crippen molar-refractivity contribution in [2.24, 2.45) is 5.41 Å². The lowest BCUT2D eigenvalue weighted by Crippen LogP contribution is -2.03. The van der Waals surface area contributed by atoms with Gasteiger partial charge in [0.15, 0.2) is 0 Å². The predicted molar refractivity (Wildman–Crippen MR) is 97.8 cm³/mol. The van der Waals surface area contributed by atoms with Crippen LogP contribution in [0.15, 0.2) is 46.5 Å². The molecule has 2 aromatic rings. The highest BCUT2D eigenvalue weighted by atomic mass is 19.1. The number of aromatic nitrogens is 2. The van der Waals surface area contributed by atoms with Gasteiger partial charge < -0.3 is 9.63 Å². The number of hydrogen-bond acceptors (Lipinski definition) is 4. The lowest BCUT2D eigenvalue weighted by atomic mass is 9.91. The summed E-state index contributed by atoms with van der Waals surface area (Å²) in [7, 11) is 0. The van der Waals surface area contributed by atoms with E-state index in [1.165, 1.54) is 12.1 Å². The predicted octanol–water partition coefficient (Wildman–Crippen LogP) is 5.12. The van der Waals surface area contributed by atoms with Crippen LogP contribution in [0, 0.1) is 11.2 Å². The summed E-state index contributed by atoms with van der Waals surface area (Å²) in [6.07, 6.45) is 4.56. The van der Waals surface area contributed by atoms with Gasteiger partial charge in [0.25, 0.3) is 5.89 Å². The first kappa shape index (κ1) is 19.6. The van der Waals surface area contributed by atoms with Crippen molar-refractivity contribution in [1.29, 1.82) is 0 Å². The van der Waals surface area contributed by atoms with Crippen molar-refractivity contribution in [3.63, 3.8) is 0 Å². The van der Waals surface area contributed by atoms with Crippen LogP contribution in [-0.2, 0) is 4.79 Å². The molecule has 0 saturated carbocycles. The van der Waals surface area contributed by atoms with E-state index in [4.69, 9.17) is 4.52 Å². The molecule has 138 valence electrons. The monoisotopic (exact) mass is 358 g/mol. The number of carboxylic acid groups (broad SMARTS) is 1. The number of allylic oxidation sites excluding steroid dienone is 3. The van der Waals surface area contributed by atoms with Crippen LogP contribution in [0.4, 0.5) is 4.39 Å². The molecule has 1 aromatic heterocycles. The number of nitrogens with zero attached hydrogens (tertiary/aromatic N) is 2. The minimum Gasteiger partial charge on any atom is -0.478 e. The number of aliphatic carboxylic acids is 1. The van der Waals surface area contributed by atoms with Crippen LogP contribution < -0.4 is 0 Å². The zero-order chi connectivity index (χ0) is 19.3. The van der Waals surface area contributed by atoms with Crippen LogP contribution >= 0.6 is 0 Å². The van der Waals surface area contributed by atoms with Gasteiger partial charge in [-0.1, -0.05) is 38.9 Å². The van der Waals surface area contributed by atoms with Gasteiger partial charge in [0.1, 0.15) is 5.82 Å². The Labute approximate surface area is 152 Å². The number of carboxylic acids is 1. The second kappa shape index (κ2) is 8.08. The normalized spacial score (nSPS) is 13.1. The number of hydrogen-bond donors (Lipinski definition) is 1. The quantitative estimate of drug-likeness (QED) is 0.573. The third-order valence-electron chi connectivity index (χ3n) is 3.70. The summed E-state index contributed by atoms with van der Waals surface area (Å²) in [6, 6.07) is 5.77. The SMILES string of the molecule is CC/C(=C\C(=C/CC(C)(C)C)c1nc(-c2ccc(F)cc2)no1)C(=O)O. The fourth-order valence-electron chi connectivity index (χ4n) is 2.18. The molecule has 5 nitrogen and oxygen atoms in total. The van der Waals surface area contributed by atoms with E-state index < -0.39 is 5.97 Å². The molecule has 0 aliphatic heterocycles. The lowest BCUT2D eigenvalue weighted by molar-refractivity contribution is -0.132. The van der Waals surface area contributed by atoms with E-state index in [9.17, 15) is 14.3 Å². The molecule has 0 fully saturated rings. The molecule has 0 aliphatic rings. The molecular weight excluding hydrogens is 335 g/mol. The first-order valence-electron chi connectivity index (χ1n) is 8.43. The van der Waals surface area contributed by atoms with Gasteiger partial charge in [0, 0.05) is 16.7 Å². The highest BCUT2D eigenvalue weighted by Crippen LogP contribution is 2.26. The zero-order valence-electron chi connectivity index (χ0n) is 15.4. The van der Waals surface area contributed by atoms with Gasteiger partial charge in [-0.2, -0.15) is 4.98 Å². The smallest absolute Gasteiger partial charge is 0.331 e. The van der Waals surface area contributed by atoms with Crippen molar-refractivity contribution in [3.8, 4) is 11.4 Å². The van der Waals surface area contributed by atoms with Gasteiger partial charge in [-0.15, -0.1) is 0 Å². The third-order valence-corrected chi connectivity index (χ3v) is 3.70. The molecule has 26 heavy (non-hydrogen) atoms. The van der Waals surface area contributed by atoms with Crippen molar-refractivity contribution >= 4 is 11.5 Å². The Balaban J connectivity index is 2.42. The van der Waals surface area contributed by atoms with E-state index in [1.807, 2.05) is 6.08 Å². The van der Waals surface area contributed by atoms with Gasteiger partial charge in [-0.3, -0.25) is 0 Å². The summed E-state index contributed by atoms with van der Waals surface area (Å²) in [5.41, 5.74) is 1.47. The summed E-state index contributed by atoms with van der Waals surface area (Å²) < 4.78 is 18.4. The van der Waals surface area contributed by atoms with Crippen LogP contribution in [0.1, 0.15) is 46.4 Å². The van der Waals surface area contributed by atoms with E-state index in [2.05, 4.69) is 30.9 Å². The second-order valence-electron chi connectivity index (χ2n) is 7.18. The Hall–Kier alpha value is -2.76. The Morgan fingerprint density at radius 1 is 1.27 bits per heavy atom. The van der Waals surface area contributed by atoms with E-state index >= 15 is 0 Å². The number of rotatable bonds is 6. The van der Waals surface area contributed by atoms with Crippen LogP contribution in [-0.4, -0.2) is 21.2 Å². The van der Waals surface area contributed by atoms with E-state index in [0.29, 0.717) is 29.8 Å². The van der Waals surface area contributed by atoms with Crippen molar-refractivity contribution in [2.45, 2.75) is 40.5 Å². The minimum atomic E-state index is -0.979. The van der Waals surface area contributed by atoms with E-state index in [-0.39, 0.29) is 22.7 Å². The average molecular weight is 358 g/mol. The van der Waals surface area contributed by atoms with E-state index in [1.54, 1.807) is 25.1 Å². The summed E-state index contributed by atoms with van der Waals surface area (Å²) in [5, 5.41) is 13.2. The molecule has 0 bridgehead atoms. The molecule has 1 N–H and O–H groups in total. The highest BCUT2D eigenvalue weighted by molar-refractivity contribution is 5.90. The molecular formula is C20H23FN2O3. The Kier molecular flexibility index (Phi) is 6.08. The number of carbonyl (C=O) groups is 1. The zero-order valence-corrected chi connectivity index (χ0v) is 15.4. The Morgan fingerprint density at radius 2 is 1.92 bits per heavy atom. The lowest BCUT2D eigenvalue weighted by Gasteiger charge is -2.15. The first-order chi connectivity index (χ1) is 12.2. The van der Waals surface area contributed by atoms with Crippen LogP contribution in [0.3, 0.4) is 0 Å². The molecule has 0 saturated heterocycles. The molecule has 0 spiro atoms. The highest BCUT2D eigenvalue weighted by Gasteiger charge is 2.16. The summed E-state index contributed by atoms with van der Waals surface area (Å²) in [4.78, 5) is 15.7. The summed E-state index contributed by atoms with van der Waals surface area (Å²) in [5.74, 6) is -0.767. The molecule has 2 rings (SSSR count). The molecule has 6 heteroatoms. The maximum absolute atomic E-state index is 13.1. The Bertz CT molecular complexity index is 827. The number of benzene rings is 1. The fourth-order valence-corrected chi connectivity index (χ4v) is 2.18. The summed E-state index contributed by atoms with van der Waals surface area (Å²) in [6.45, 7) is 8.03. The van der Waals surface area contributed by atoms with Gasteiger partial charge in [-0.25, -0.2) is 9.18 Å². The average Bonchev–Trinajstić information content (AvgIpc) is 3.04. The van der Waals surface area contributed by atoms with Gasteiger partial charge >= 0.3 is 5.97 Å². The molecule has 0 atom stereocenters. The summed E-state index contributed by atoms with van der Waals surface area (Å²) >= 11 is 0. The fraction of sp³-hybridized carbons (Fsp3) is 0.350. The van der Waals surface area contributed by atoms with Gasteiger partial charge in [0.05, 0.1) is 0 Å². The third kappa shape index (κ3) is 5.37. The Morgan fingerprint density at radius 3 is 2.46 bits per heavy atom.